The van der Waals surface area contributed by atoms with Gasteiger partial charge >= 0.3 is 5.69 Å². The number of aliphatic hydroxyl groups is 1. The van der Waals surface area contributed by atoms with E-state index in [1.54, 1.807) is 24.3 Å². The summed E-state index contributed by atoms with van der Waals surface area (Å²) >= 11 is 0. The Kier molecular flexibility index (Phi) is 2.76. The molecule has 0 aliphatic rings. The molecule has 0 amide bonds. The minimum Gasteiger partial charge on any atom is -0.463 e. The van der Waals surface area contributed by atoms with Crippen molar-refractivity contribution in [2.45, 2.75) is 19.4 Å². The second kappa shape index (κ2) is 4.44. The van der Waals surface area contributed by atoms with Gasteiger partial charge < -0.3 is 19.5 Å². The van der Waals surface area contributed by atoms with Gasteiger partial charge in [0.05, 0.1) is 11.0 Å². The molecule has 3 rings (SSSR count). The largest absolute Gasteiger partial charge is 0.463 e. The number of imidazole rings is 1. The van der Waals surface area contributed by atoms with E-state index in [4.69, 9.17) is 4.42 Å². The summed E-state index contributed by atoms with van der Waals surface area (Å²) in [6.45, 7) is 1.99. The lowest BCUT2D eigenvalue weighted by Gasteiger charge is -2.08. The molecule has 0 radical (unpaired) electrons. The van der Waals surface area contributed by atoms with Crippen LogP contribution in [0.15, 0.2) is 39.5 Å². The highest BCUT2D eigenvalue weighted by atomic mass is 16.4. The number of aromatic amines is 2. The van der Waals surface area contributed by atoms with Crippen LogP contribution in [-0.2, 0) is 6.42 Å². The SMILES string of the molecule is CCc1ccc(C(O)c2ccc3[nH]c(=O)[nH]c3c2)o1. The summed E-state index contributed by atoms with van der Waals surface area (Å²) in [5, 5.41) is 10.3. The zero-order valence-electron chi connectivity index (χ0n) is 10.4. The Hall–Kier alpha value is -2.27. The number of hydrogen-bond donors (Lipinski definition) is 3. The first-order valence-corrected chi connectivity index (χ1v) is 6.16. The van der Waals surface area contributed by atoms with Crippen molar-refractivity contribution in [1.82, 2.24) is 9.97 Å². The van der Waals surface area contributed by atoms with Crippen LogP contribution in [0.1, 0.15) is 30.1 Å². The van der Waals surface area contributed by atoms with Gasteiger partial charge in [-0.1, -0.05) is 13.0 Å². The third kappa shape index (κ3) is 2.08. The van der Waals surface area contributed by atoms with Crippen LogP contribution >= 0.6 is 0 Å². The van der Waals surface area contributed by atoms with Crippen LogP contribution in [0.4, 0.5) is 0 Å². The van der Waals surface area contributed by atoms with Crippen LogP contribution in [0, 0.1) is 0 Å². The summed E-state index contributed by atoms with van der Waals surface area (Å²) in [5.41, 5.74) is 1.81. The number of benzene rings is 1. The van der Waals surface area contributed by atoms with Crippen LogP contribution < -0.4 is 5.69 Å². The molecule has 0 saturated heterocycles. The fourth-order valence-corrected chi connectivity index (χ4v) is 2.12. The summed E-state index contributed by atoms with van der Waals surface area (Å²) in [5.74, 6) is 1.35. The van der Waals surface area contributed by atoms with E-state index < -0.39 is 6.10 Å². The molecular formula is C14H14N2O3. The molecule has 0 spiro atoms. The van der Waals surface area contributed by atoms with Gasteiger partial charge in [0.15, 0.2) is 0 Å². The van der Waals surface area contributed by atoms with E-state index in [9.17, 15) is 9.90 Å². The number of furan rings is 1. The lowest BCUT2D eigenvalue weighted by Crippen LogP contribution is -1.99. The van der Waals surface area contributed by atoms with Crippen molar-refractivity contribution in [3.05, 3.63) is 57.9 Å². The minimum atomic E-state index is -0.830. The molecule has 5 heteroatoms. The molecule has 0 saturated carbocycles. The molecule has 1 unspecified atom stereocenters. The number of H-pyrrole nitrogens is 2. The number of nitrogens with one attached hydrogen (secondary N) is 2. The van der Waals surface area contributed by atoms with Gasteiger partial charge in [0.1, 0.15) is 17.6 Å². The second-order valence-electron chi connectivity index (χ2n) is 4.44. The van der Waals surface area contributed by atoms with Crippen LogP contribution in [0.5, 0.6) is 0 Å². The van der Waals surface area contributed by atoms with E-state index in [0.717, 1.165) is 17.7 Å². The average Bonchev–Trinajstić information content (AvgIpc) is 3.01. The molecule has 3 aromatic rings. The van der Waals surface area contributed by atoms with Gasteiger partial charge in [0, 0.05) is 6.42 Å². The third-order valence-electron chi connectivity index (χ3n) is 3.16. The van der Waals surface area contributed by atoms with E-state index in [1.807, 2.05) is 13.0 Å². The first-order chi connectivity index (χ1) is 9.17. The van der Waals surface area contributed by atoms with Gasteiger partial charge in [0.25, 0.3) is 0 Å². The normalized spacial score (nSPS) is 12.9. The summed E-state index contributed by atoms with van der Waals surface area (Å²) < 4.78 is 5.54. The zero-order chi connectivity index (χ0) is 13.4. The van der Waals surface area contributed by atoms with Crippen molar-refractivity contribution in [3.8, 4) is 0 Å². The molecule has 5 nitrogen and oxygen atoms in total. The molecule has 3 N–H and O–H groups in total. The van der Waals surface area contributed by atoms with Crippen LogP contribution in [-0.4, -0.2) is 15.1 Å². The monoisotopic (exact) mass is 258 g/mol. The second-order valence-corrected chi connectivity index (χ2v) is 4.44. The Morgan fingerprint density at radius 3 is 2.74 bits per heavy atom. The smallest absolute Gasteiger partial charge is 0.323 e. The summed E-state index contributed by atoms with van der Waals surface area (Å²) in [6, 6.07) is 8.90. The molecule has 0 aliphatic heterocycles. The van der Waals surface area contributed by atoms with Crippen molar-refractivity contribution in [3.63, 3.8) is 0 Å². The van der Waals surface area contributed by atoms with E-state index in [2.05, 4.69) is 9.97 Å². The average molecular weight is 258 g/mol. The van der Waals surface area contributed by atoms with Gasteiger partial charge in [-0.2, -0.15) is 0 Å². The van der Waals surface area contributed by atoms with Gasteiger partial charge in [-0.3, -0.25) is 0 Å². The maximum Gasteiger partial charge on any atom is 0.323 e. The van der Waals surface area contributed by atoms with Crippen molar-refractivity contribution in [2.24, 2.45) is 0 Å². The van der Waals surface area contributed by atoms with Gasteiger partial charge in [-0.15, -0.1) is 0 Å². The van der Waals surface area contributed by atoms with Crippen LogP contribution in [0.3, 0.4) is 0 Å². The Morgan fingerprint density at radius 1 is 1.21 bits per heavy atom. The van der Waals surface area contributed by atoms with Crippen molar-refractivity contribution < 1.29 is 9.52 Å². The van der Waals surface area contributed by atoms with E-state index in [0.29, 0.717) is 16.8 Å². The number of rotatable bonds is 3. The Labute approximate surface area is 108 Å². The molecule has 19 heavy (non-hydrogen) atoms. The maximum absolute atomic E-state index is 11.2. The Bertz CT molecular complexity index is 766. The fraction of sp³-hybridized carbons (Fsp3) is 0.214. The lowest BCUT2D eigenvalue weighted by molar-refractivity contribution is 0.187. The highest BCUT2D eigenvalue weighted by Crippen LogP contribution is 2.25. The number of fused-ring (bicyclic) bond motifs is 1. The molecule has 2 heterocycles. The molecule has 0 fully saturated rings. The number of aliphatic hydroxyl groups excluding tert-OH is 1. The number of aromatic nitrogens is 2. The molecule has 0 bridgehead atoms. The number of hydrogen-bond acceptors (Lipinski definition) is 3. The van der Waals surface area contributed by atoms with Crippen LogP contribution in [0.25, 0.3) is 11.0 Å². The molecule has 1 aromatic carbocycles. The maximum atomic E-state index is 11.2. The first kappa shape index (κ1) is 11.8. The summed E-state index contributed by atoms with van der Waals surface area (Å²) in [6.07, 6.45) is -0.0419. The highest BCUT2D eigenvalue weighted by Gasteiger charge is 2.15. The molecule has 1 atom stereocenters. The van der Waals surface area contributed by atoms with Gasteiger partial charge in [0.2, 0.25) is 0 Å². The van der Waals surface area contributed by atoms with E-state index in [-0.39, 0.29) is 5.69 Å². The van der Waals surface area contributed by atoms with Crippen molar-refractivity contribution in [2.75, 3.05) is 0 Å². The highest BCUT2D eigenvalue weighted by molar-refractivity contribution is 5.75. The van der Waals surface area contributed by atoms with Gasteiger partial charge in [-0.05, 0) is 29.8 Å². The summed E-state index contributed by atoms with van der Waals surface area (Å²) in [4.78, 5) is 16.5. The van der Waals surface area contributed by atoms with Crippen LogP contribution in [0.2, 0.25) is 0 Å². The third-order valence-corrected chi connectivity index (χ3v) is 3.16. The molecular weight excluding hydrogens is 244 g/mol. The van der Waals surface area contributed by atoms with Gasteiger partial charge in [-0.25, -0.2) is 4.79 Å². The number of aryl methyl sites for hydroxylation is 1. The van der Waals surface area contributed by atoms with Crippen molar-refractivity contribution >= 4 is 11.0 Å². The van der Waals surface area contributed by atoms with E-state index in [1.165, 1.54) is 0 Å². The summed E-state index contributed by atoms with van der Waals surface area (Å²) in [7, 11) is 0. The molecule has 0 aliphatic carbocycles. The first-order valence-electron chi connectivity index (χ1n) is 6.16. The van der Waals surface area contributed by atoms with E-state index >= 15 is 0 Å². The molecule has 2 aromatic heterocycles. The topological polar surface area (TPSA) is 82.0 Å². The fourth-order valence-electron chi connectivity index (χ4n) is 2.12. The Morgan fingerprint density at radius 2 is 2.00 bits per heavy atom. The predicted molar refractivity (Wildman–Crippen MR) is 71.1 cm³/mol. The minimum absolute atomic E-state index is 0.257. The predicted octanol–water partition coefficient (Wildman–Crippen LogP) is 2.09. The Balaban J connectivity index is 2.00. The van der Waals surface area contributed by atoms with Crippen molar-refractivity contribution in [1.29, 1.82) is 0 Å². The zero-order valence-corrected chi connectivity index (χ0v) is 10.4. The quantitative estimate of drug-likeness (QED) is 0.672. The lowest BCUT2D eigenvalue weighted by atomic mass is 10.1. The standard InChI is InChI=1S/C14H14N2O3/c1-2-9-4-6-12(19-9)13(17)8-3-5-10-11(7-8)16-14(18)15-10/h3-7,13,17H,2H2,1H3,(H2,15,16,18). The molecule has 98 valence electrons.